The lowest BCUT2D eigenvalue weighted by molar-refractivity contribution is -0.148. The lowest BCUT2D eigenvalue weighted by atomic mass is 10.0. The maximum atomic E-state index is 12.7. The van der Waals surface area contributed by atoms with Crippen molar-refractivity contribution >= 4 is 32.8 Å². The molecule has 4 aromatic rings. The summed E-state index contributed by atoms with van der Waals surface area (Å²) in [5.74, 6) is -0.520. The van der Waals surface area contributed by atoms with E-state index in [0.29, 0.717) is 10.9 Å². The number of nitrogens with zero attached hydrogens (tertiary/aromatic N) is 2. The number of carbonyl (C=O) groups excluding carboxylic acids is 1. The first-order valence-electron chi connectivity index (χ1n) is 9.06. The highest BCUT2D eigenvalue weighted by atomic mass is 79.9. The Bertz CT molecular complexity index is 1220. The van der Waals surface area contributed by atoms with Gasteiger partial charge in [-0.3, -0.25) is 14.2 Å². The minimum Gasteiger partial charge on any atom is -0.451 e. The van der Waals surface area contributed by atoms with E-state index in [9.17, 15) is 9.59 Å². The zero-order chi connectivity index (χ0) is 20.2. The second-order valence-electron chi connectivity index (χ2n) is 6.50. The van der Waals surface area contributed by atoms with Crippen molar-refractivity contribution in [1.82, 2.24) is 9.55 Å². The van der Waals surface area contributed by atoms with Gasteiger partial charge in [-0.1, -0.05) is 76.6 Å². The summed E-state index contributed by atoms with van der Waals surface area (Å²) in [6.45, 7) is -0.218. The van der Waals surface area contributed by atoms with Gasteiger partial charge >= 0.3 is 5.97 Å². The number of esters is 1. The van der Waals surface area contributed by atoms with E-state index >= 15 is 0 Å². The van der Waals surface area contributed by atoms with Gasteiger partial charge in [0, 0.05) is 10.0 Å². The Labute approximate surface area is 175 Å². The van der Waals surface area contributed by atoms with Gasteiger partial charge in [0.1, 0.15) is 6.54 Å². The molecule has 1 heterocycles. The molecule has 0 aliphatic carbocycles. The first kappa shape index (κ1) is 19.1. The lowest BCUT2D eigenvalue weighted by Gasteiger charge is -2.20. The maximum Gasteiger partial charge on any atom is 0.327 e. The Hall–Kier alpha value is -3.25. The number of ether oxygens (including phenoxy) is 1. The van der Waals surface area contributed by atoms with Crippen molar-refractivity contribution < 1.29 is 9.53 Å². The van der Waals surface area contributed by atoms with Crippen molar-refractivity contribution in [2.75, 3.05) is 0 Å². The first-order chi connectivity index (χ1) is 14.1. The molecule has 0 saturated carbocycles. The SMILES string of the molecule is O=C(Cn1cnc2ccccc2c1=O)O[C@@H](c1ccccc1)c1ccccc1Br. The number of hydrogen-bond donors (Lipinski definition) is 0. The number of para-hydroxylation sites is 1. The molecule has 1 aromatic heterocycles. The number of aromatic nitrogens is 2. The molecule has 0 N–H and O–H groups in total. The number of halogens is 1. The van der Waals surface area contributed by atoms with Crippen LogP contribution in [0.5, 0.6) is 0 Å². The summed E-state index contributed by atoms with van der Waals surface area (Å²) in [5, 5.41) is 0.466. The Morgan fingerprint density at radius 1 is 0.966 bits per heavy atom. The van der Waals surface area contributed by atoms with E-state index in [2.05, 4.69) is 20.9 Å². The molecule has 0 radical (unpaired) electrons. The van der Waals surface area contributed by atoms with Crippen LogP contribution < -0.4 is 5.56 Å². The molecule has 6 heteroatoms. The largest absolute Gasteiger partial charge is 0.451 e. The van der Waals surface area contributed by atoms with Gasteiger partial charge < -0.3 is 4.74 Å². The van der Waals surface area contributed by atoms with Crippen molar-refractivity contribution in [2.24, 2.45) is 0 Å². The predicted octanol–water partition coefficient (Wildman–Crippen LogP) is 4.49. The quantitative estimate of drug-likeness (QED) is 0.422. The highest BCUT2D eigenvalue weighted by molar-refractivity contribution is 9.10. The number of fused-ring (bicyclic) bond motifs is 1. The number of carbonyl (C=O) groups is 1. The van der Waals surface area contributed by atoms with Crippen LogP contribution in [-0.2, 0) is 16.1 Å². The maximum absolute atomic E-state index is 12.7. The van der Waals surface area contributed by atoms with Gasteiger partial charge in [0.25, 0.3) is 5.56 Å². The fourth-order valence-corrected chi connectivity index (χ4v) is 3.65. The molecule has 144 valence electrons. The molecule has 0 spiro atoms. The van der Waals surface area contributed by atoms with Gasteiger partial charge in [-0.15, -0.1) is 0 Å². The Morgan fingerprint density at radius 3 is 2.45 bits per heavy atom. The minimum atomic E-state index is -0.594. The third-order valence-electron chi connectivity index (χ3n) is 4.57. The van der Waals surface area contributed by atoms with Crippen LogP contribution in [0.4, 0.5) is 0 Å². The zero-order valence-electron chi connectivity index (χ0n) is 15.4. The van der Waals surface area contributed by atoms with E-state index in [1.165, 1.54) is 10.9 Å². The van der Waals surface area contributed by atoms with Gasteiger partial charge in [-0.25, -0.2) is 4.98 Å². The summed E-state index contributed by atoms with van der Waals surface area (Å²) in [6, 6.07) is 24.1. The second kappa shape index (κ2) is 8.41. The monoisotopic (exact) mass is 448 g/mol. The second-order valence-corrected chi connectivity index (χ2v) is 7.35. The molecular formula is C23H17BrN2O3. The minimum absolute atomic E-state index is 0.218. The third-order valence-corrected chi connectivity index (χ3v) is 5.29. The highest BCUT2D eigenvalue weighted by Crippen LogP contribution is 2.31. The Morgan fingerprint density at radius 2 is 1.66 bits per heavy atom. The van der Waals surface area contributed by atoms with Crippen LogP contribution in [0.1, 0.15) is 17.2 Å². The predicted molar refractivity (Wildman–Crippen MR) is 115 cm³/mol. The van der Waals surface area contributed by atoms with Crippen LogP contribution in [0.2, 0.25) is 0 Å². The van der Waals surface area contributed by atoms with E-state index in [1.807, 2.05) is 60.7 Å². The van der Waals surface area contributed by atoms with Crippen LogP contribution in [0.3, 0.4) is 0 Å². The van der Waals surface area contributed by atoms with E-state index in [-0.39, 0.29) is 12.1 Å². The average molecular weight is 449 g/mol. The number of benzene rings is 3. The van der Waals surface area contributed by atoms with E-state index < -0.39 is 12.1 Å². The molecule has 0 bridgehead atoms. The lowest BCUT2D eigenvalue weighted by Crippen LogP contribution is -2.26. The molecule has 0 unspecified atom stereocenters. The summed E-state index contributed by atoms with van der Waals surface area (Å²) >= 11 is 3.53. The molecule has 0 aliphatic rings. The van der Waals surface area contributed by atoms with Crippen LogP contribution in [-0.4, -0.2) is 15.5 Å². The van der Waals surface area contributed by atoms with Crippen molar-refractivity contribution in [3.63, 3.8) is 0 Å². The summed E-state index contributed by atoms with van der Waals surface area (Å²) in [5.41, 5.74) is 2.00. The van der Waals surface area contributed by atoms with Gasteiger partial charge in [0.2, 0.25) is 0 Å². The standard InChI is InChI=1S/C23H17BrN2O3/c24-19-12-6-4-10-17(19)22(16-8-2-1-3-9-16)29-21(27)14-26-15-25-20-13-7-5-11-18(20)23(26)28/h1-13,15,22H,14H2/t22-/m0/s1. The normalized spacial score (nSPS) is 11.9. The molecule has 0 fully saturated rings. The number of hydrogen-bond acceptors (Lipinski definition) is 4. The molecular weight excluding hydrogens is 432 g/mol. The van der Waals surface area contributed by atoms with Crippen LogP contribution in [0.15, 0.2) is 94.5 Å². The molecule has 0 amide bonds. The highest BCUT2D eigenvalue weighted by Gasteiger charge is 2.21. The number of rotatable bonds is 5. The first-order valence-corrected chi connectivity index (χ1v) is 9.86. The van der Waals surface area contributed by atoms with Gasteiger partial charge in [-0.05, 0) is 23.8 Å². The summed E-state index contributed by atoms with van der Waals surface area (Å²) in [6.07, 6.45) is 0.783. The van der Waals surface area contributed by atoms with Gasteiger partial charge in [-0.2, -0.15) is 0 Å². The van der Waals surface area contributed by atoms with Crippen molar-refractivity contribution in [3.05, 3.63) is 111 Å². The van der Waals surface area contributed by atoms with Crippen LogP contribution >= 0.6 is 15.9 Å². The summed E-state index contributed by atoms with van der Waals surface area (Å²) in [4.78, 5) is 29.6. The topological polar surface area (TPSA) is 61.2 Å². The fourth-order valence-electron chi connectivity index (χ4n) is 3.15. The van der Waals surface area contributed by atoms with Crippen LogP contribution in [0.25, 0.3) is 10.9 Å². The van der Waals surface area contributed by atoms with Crippen molar-refractivity contribution in [1.29, 1.82) is 0 Å². The Balaban J connectivity index is 1.63. The van der Waals surface area contributed by atoms with Gasteiger partial charge in [0.05, 0.1) is 17.2 Å². The smallest absolute Gasteiger partial charge is 0.327 e. The molecule has 3 aromatic carbocycles. The average Bonchev–Trinajstić information content (AvgIpc) is 2.75. The molecule has 29 heavy (non-hydrogen) atoms. The molecule has 5 nitrogen and oxygen atoms in total. The Kier molecular flexibility index (Phi) is 5.53. The van der Waals surface area contributed by atoms with Gasteiger partial charge in [0.15, 0.2) is 6.10 Å². The third kappa shape index (κ3) is 4.12. The van der Waals surface area contributed by atoms with E-state index in [1.54, 1.807) is 18.2 Å². The zero-order valence-corrected chi connectivity index (χ0v) is 17.0. The van der Waals surface area contributed by atoms with E-state index in [0.717, 1.165) is 15.6 Å². The van der Waals surface area contributed by atoms with Crippen molar-refractivity contribution in [3.8, 4) is 0 Å². The summed E-state index contributed by atoms with van der Waals surface area (Å²) in [7, 11) is 0. The summed E-state index contributed by atoms with van der Waals surface area (Å²) < 4.78 is 7.93. The van der Waals surface area contributed by atoms with Crippen molar-refractivity contribution in [2.45, 2.75) is 12.6 Å². The molecule has 0 aliphatic heterocycles. The van der Waals surface area contributed by atoms with E-state index in [4.69, 9.17) is 4.74 Å². The molecule has 0 saturated heterocycles. The molecule has 4 rings (SSSR count). The molecule has 1 atom stereocenters. The fraction of sp³-hybridized carbons (Fsp3) is 0.0870. The van der Waals surface area contributed by atoms with Crippen LogP contribution in [0, 0.1) is 0 Å².